The number of aromatic nitrogens is 2. The number of benzene rings is 2. The largest absolute Gasteiger partial charge is 0.487 e. The quantitative estimate of drug-likeness (QED) is 0.294. The fourth-order valence-electron chi connectivity index (χ4n) is 9.20. The first-order valence-corrected chi connectivity index (χ1v) is 23.3. The minimum Gasteiger partial charge on any atom is -0.487 e. The Morgan fingerprint density at radius 3 is 1.27 bits per heavy atom. The Morgan fingerprint density at radius 1 is 0.450 bits per heavy atom. The summed E-state index contributed by atoms with van der Waals surface area (Å²) in [5.41, 5.74) is 1.61. The molecule has 9 rings (SSSR count). The summed E-state index contributed by atoms with van der Waals surface area (Å²) in [6.07, 6.45) is 1.66. The standard InChI is InChI=1S/C42H48N4O12S2/c47-41-5-1-3-35-31-19-29(25-45(35)41)23-43(27-31)59(49,50)33-7-9-37-39(21-33)57-17-13-53-12-16-56-38-10-8-34(22-40(38)58-18-14-54-11-15-55-37)60(51,52)44-24-30-20-32(28-44)36-4-2-6-42(48)46(36)26-30/h1-10,21-22,29-32H,11-20,23-28H2/t29-,30?,31?,32+/m0/s1. The van der Waals surface area contributed by atoms with Crippen molar-refractivity contribution in [1.82, 2.24) is 17.7 Å². The van der Waals surface area contributed by atoms with E-state index in [4.69, 9.17) is 28.4 Å². The lowest BCUT2D eigenvalue weighted by Crippen LogP contribution is -2.49. The van der Waals surface area contributed by atoms with E-state index in [2.05, 4.69) is 0 Å². The van der Waals surface area contributed by atoms with Crippen LogP contribution in [-0.4, -0.2) is 114 Å². The predicted molar refractivity (Wildman–Crippen MR) is 217 cm³/mol. The van der Waals surface area contributed by atoms with E-state index in [-0.39, 0.29) is 122 Å². The summed E-state index contributed by atoms with van der Waals surface area (Å²) >= 11 is 0. The topological polar surface area (TPSA) is 174 Å². The molecule has 18 heteroatoms. The van der Waals surface area contributed by atoms with Gasteiger partial charge in [0, 0.05) is 86.8 Å². The summed E-state index contributed by atoms with van der Waals surface area (Å²) in [7, 11) is -7.81. The number of piperidine rings is 2. The Labute approximate surface area is 348 Å². The van der Waals surface area contributed by atoms with Crippen molar-refractivity contribution in [3.05, 3.63) is 105 Å². The molecule has 4 aromatic rings. The normalized spacial score (nSPS) is 24.3. The third-order valence-electron chi connectivity index (χ3n) is 11.9. The highest BCUT2D eigenvalue weighted by Crippen LogP contribution is 2.40. The van der Waals surface area contributed by atoms with Crippen LogP contribution in [0.15, 0.2) is 92.2 Å². The number of rotatable bonds is 4. The van der Waals surface area contributed by atoms with Crippen molar-refractivity contribution >= 4 is 20.0 Å². The van der Waals surface area contributed by atoms with Gasteiger partial charge in [-0.15, -0.1) is 0 Å². The van der Waals surface area contributed by atoms with E-state index in [1.54, 1.807) is 45.5 Å². The van der Waals surface area contributed by atoms with Gasteiger partial charge in [-0.2, -0.15) is 8.61 Å². The van der Waals surface area contributed by atoms with Crippen molar-refractivity contribution in [2.75, 3.05) is 79.0 Å². The van der Waals surface area contributed by atoms with Gasteiger partial charge in [-0.05, 0) is 61.1 Å². The van der Waals surface area contributed by atoms with Gasteiger partial charge in [-0.1, -0.05) is 12.1 Å². The van der Waals surface area contributed by atoms with Crippen LogP contribution >= 0.6 is 0 Å². The molecule has 16 nitrogen and oxygen atoms in total. The Hall–Kier alpha value is -4.72. The lowest BCUT2D eigenvalue weighted by molar-refractivity contribution is 0.0639. The minimum atomic E-state index is -3.91. The van der Waals surface area contributed by atoms with Crippen LogP contribution in [0.25, 0.3) is 0 Å². The van der Waals surface area contributed by atoms with Crippen molar-refractivity contribution in [1.29, 1.82) is 0 Å². The van der Waals surface area contributed by atoms with Gasteiger partial charge in [-0.3, -0.25) is 9.59 Å². The lowest BCUT2D eigenvalue weighted by atomic mass is 9.84. The number of pyridine rings is 2. The van der Waals surface area contributed by atoms with E-state index >= 15 is 0 Å². The van der Waals surface area contributed by atoms with Crippen LogP contribution < -0.4 is 30.1 Å². The second kappa shape index (κ2) is 17.0. The molecule has 7 heterocycles. The molecule has 0 spiro atoms. The van der Waals surface area contributed by atoms with Gasteiger partial charge in [0.05, 0.1) is 36.2 Å². The molecule has 2 saturated heterocycles. The van der Waals surface area contributed by atoms with Gasteiger partial charge < -0.3 is 37.6 Å². The van der Waals surface area contributed by atoms with E-state index in [0.29, 0.717) is 37.7 Å². The van der Waals surface area contributed by atoms with E-state index in [1.165, 1.54) is 32.9 Å². The molecule has 2 unspecified atom stereocenters. The maximum Gasteiger partial charge on any atom is 0.250 e. The number of fused-ring (bicyclic) bond motifs is 10. The third-order valence-corrected chi connectivity index (χ3v) is 15.6. The summed E-state index contributed by atoms with van der Waals surface area (Å²) in [6, 6.07) is 19.5. The van der Waals surface area contributed by atoms with Crippen molar-refractivity contribution in [2.24, 2.45) is 11.8 Å². The van der Waals surface area contributed by atoms with Crippen LogP contribution in [-0.2, 0) is 42.6 Å². The third kappa shape index (κ3) is 8.20. The van der Waals surface area contributed by atoms with Gasteiger partial charge in [0.2, 0.25) is 20.0 Å². The number of nitrogens with zero attached hydrogens (tertiary/aromatic N) is 4. The summed E-state index contributed by atoms with van der Waals surface area (Å²) in [5, 5.41) is 0. The average Bonchev–Trinajstić information content (AvgIpc) is 3.24. The molecule has 5 aliphatic rings. The second-order valence-corrected chi connectivity index (χ2v) is 19.8. The molecular formula is C42H48N4O12S2. The van der Waals surface area contributed by atoms with Crippen molar-refractivity contribution in [3.8, 4) is 23.0 Å². The predicted octanol–water partition coefficient (Wildman–Crippen LogP) is 2.89. The molecule has 0 N–H and O–H groups in total. The average molecular weight is 865 g/mol. The number of hydrogen-bond acceptors (Lipinski definition) is 12. The van der Waals surface area contributed by atoms with Crippen LogP contribution in [0.2, 0.25) is 0 Å². The smallest absolute Gasteiger partial charge is 0.250 e. The van der Waals surface area contributed by atoms with E-state index < -0.39 is 20.0 Å². The van der Waals surface area contributed by atoms with Crippen molar-refractivity contribution in [2.45, 2.75) is 47.6 Å². The maximum atomic E-state index is 14.0. The van der Waals surface area contributed by atoms with Gasteiger partial charge >= 0.3 is 0 Å². The first-order valence-electron chi connectivity index (χ1n) is 20.4. The zero-order valence-corrected chi connectivity index (χ0v) is 34.7. The molecule has 0 saturated carbocycles. The van der Waals surface area contributed by atoms with Gasteiger partial charge in [0.15, 0.2) is 23.0 Å². The number of sulfonamides is 2. The highest BCUT2D eigenvalue weighted by atomic mass is 32.2. The van der Waals surface area contributed by atoms with Crippen molar-refractivity contribution < 1.29 is 45.3 Å². The summed E-state index contributed by atoms with van der Waals surface area (Å²) in [5.74, 6) is 1.10. The van der Waals surface area contributed by atoms with Crippen LogP contribution in [0.3, 0.4) is 0 Å². The first-order chi connectivity index (χ1) is 29.0. The zero-order chi connectivity index (χ0) is 41.4. The molecule has 0 amide bonds. The van der Waals surface area contributed by atoms with Crippen LogP contribution in [0.4, 0.5) is 0 Å². The van der Waals surface area contributed by atoms with E-state index in [0.717, 1.165) is 24.2 Å². The molecular weight excluding hydrogens is 817 g/mol. The molecule has 60 heavy (non-hydrogen) atoms. The van der Waals surface area contributed by atoms with Crippen LogP contribution in [0, 0.1) is 11.8 Å². The fourth-order valence-corrected chi connectivity index (χ4v) is 12.4. The molecule has 5 aliphatic heterocycles. The second-order valence-electron chi connectivity index (χ2n) is 15.9. The molecule has 0 aliphatic carbocycles. The molecule has 4 bridgehead atoms. The fraction of sp³-hybridized carbons (Fsp3) is 0.476. The van der Waals surface area contributed by atoms with Crippen LogP contribution in [0.5, 0.6) is 23.0 Å². The minimum absolute atomic E-state index is 0.0261. The highest BCUT2D eigenvalue weighted by molar-refractivity contribution is 7.89. The van der Waals surface area contributed by atoms with Crippen molar-refractivity contribution in [3.63, 3.8) is 0 Å². The maximum absolute atomic E-state index is 14.0. The van der Waals surface area contributed by atoms with E-state index in [1.807, 2.05) is 12.1 Å². The molecule has 0 radical (unpaired) electrons. The first kappa shape index (κ1) is 40.7. The summed E-state index contributed by atoms with van der Waals surface area (Å²) in [4.78, 5) is 25.2. The Bertz CT molecular complexity index is 2400. The lowest BCUT2D eigenvalue weighted by Gasteiger charge is -2.42. The van der Waals surface area contributed by atoms with Gasteiger partial charge in [0.25, 0.3) is 11.1 Å². The molecule has 320 valence electrons. The summed E-state index contributed by atoms with van der Waals surface area (Å²) < 4.78 is 98.3. The van der Waals surface area contributed by atoms with Gasteiger partial charge in [0.1, 0.15) is 26.4 Å². The highest BCUT2D eigenvalue weighted by Gasteiger charge is 2.41. The summed E-state index contributed by atoms with van der Waals surface area (Å²) in [6.45, 7) is 3.28. The molecule has 2 fully saturated rings. The van der Waals surface area contributed by atoms with Gasteiger partial charge in [-0.25, -0.2) is 16.8 Å². The number of ether oxygens (including phenoxy) is 6. The Morgan fingerprint density at radius 2 is 0.850 bits per heavy atom. The Balaban J connectivity index is 0.844. The monoisotopic (exact) mass is 864 g/mol. The Kier molecular flexibility index (Phi) is 11.5. The molecule has 2 aromatic carbocycles. The molecule has 4 atom stereocenters. The molecule has 2 aromatic heterocycles. The van der Waals surface area contributed by atoms with Crippen LogP contribution in [0.1, 0.15) is 36.1 Å². The SMILES string of the molecule is O=c1cccc2n1C[C@H]1CC2CN(S(=O)(=O)c2ccc3c(c2)OCCOCCOc2ccc(S(=O)(=O)N4CC5C[C@H](C4)c4cccc(=O)n4C5)cc2OCCOCCO3)C1. The number of hydrogen-bond donors (Lipinski definition) is 0. The van der Waals surface area contributed by atoms with E-state index in [9.17, 15) is 26.4 Å². The zero-order valence-electron chi connectivity index (χ0n) is 33.1.